The van der Waals surface area contributed by atoms with Crippen molar-refractivity contribution in [1.82, 2.24) is 0 Å². The van der Waals surface area contributed by atoms with Crippen LogP contribution in [0.5, 0.6) is 11.5 Å². The van der Waals surface area contributed by atoms with Gasteiger partial charge in [-0.3, -0.25) is 9.59 Å². The normalized spacial score (nSPS) is 24.6. The third-order valence-electron chi connectivity index (χ3n) is 5.17. The average molecular weight is 492 g/mol. The van der Waals surface area contributed by atoms with Gasteiger partial charge in [0, 0.05) is 19.8 Å². The first-order valence-corrected chi connectivity index (χ1v) is 12.4. The number of benzene rings is 2. The van der Waals surface area contributed by atoms with Gasteiger partial charge in [-0.05, 0) is 30.7 Å². The maximum atomic E-state index is 13.9. The summed E-state index contributed by atoms with van der Waals surface area (Å²) in [5.41, 5.74) is 0. The third kappa shape index (κ3) is 6.82. The average Bonchev–Trinajstić information content (AvgIpc) is 2.78. The maximum Gasteiger partial charge on any atom is 0.590 e. The minimum absolute atomic E-state index is 0.235. The highest BCUT2D eigenvalue weighted by atomic mass is 31.2. The van der Waals surface area contributed by atoms with Crippen molar-refractivity contribution in [2.45, 2.75) is 58.7 Å². The zero-order valence-corrected chi connectivity index (χ0v) is 20.4. The molecule has 5 atom stereocenters. The van der Waals surface area contributed by atoms with E-state index in [0.29, 0.717) is 6.42 Å². The number of carbonyl (C=O) groups excluding carboxylic acids is 2. The summed E-state index contributed by atoms with van der Waals surface area (Å²) in [5.74, 6) is -1.07. The number of carbonyl (C=O) groups is 2. The van der Waals surface area contributed by atoms with Crippen molar-refractivity contribution in [1.29, 1.82) is 0 Å². The molecule has 1 heterocycles. The molecule has 0 aromatic heterocycles. The first-order chi connectivity index (χ1) is 16.2. The van der Waals surface area contributed by atoms with E-state index in [2.05, 4.69) is 0 Å². The Morgan fingerprint density at radius 2 is 1.32 bits per heavy atom. The van der Waals surface area contributed by atoms with E-state index in [1.165, 1.54) is 13.8 Å². The minimum Gasteiger partial charge on any atom is -0.458 e. The summed E-state index contributed by atoms with van der Waals surface area (Å²) in [5, 5.41) is 0. The molecule has 34 heavy (non-hydrogen) atoms. The number of esters is 2. The third-order valence-corrected chi connectivity index (χ3v) is 6.50. The second kappa shape index (κ2) is 11.5. The number of phosphoric ester groups is 1. The van der Waals surface area contributed by atoms with Crippen LogP contribution < -0.4 is 9.05 Å². The Morgan fingerprint density at radius 1 is 0.853 bits per heavy atom. The molecule has 2 aromatic rings. The fourth-order valence-electron chi connectivity index (χ4n) is 3.68. The van der Waals surface area contributed by atoms with E-state index in [4.69, 9.17) is 27.8 Å². The van der Waals surface area contributed by atoms with E-state index >= 15 is 0 Å². The fraction of sp³-hybridized carbons (Fsp3) is 0.417. The molecule has 1 saturated heterocycles. The van der Waals surface area contributed by atoms with Gasteiger partial charge in [-0.1, -0.05) is 50.2 Å². The summed E-state index contributed by atoms with van der Waals surface area (Å²) >= 11 is 0. The predicted molar refractivity (Wildman–Crippen MR) is 122 cm³/mol. The molecule has 0 aliphatic carbocycles. The quantitative estimate of drug-likeness (QED) is 0.357. The Bertz CT molecular complexity index is 953. The Balaban J connectivity index is 1.96. The van der Waals surface area contributed by atoms with Crippen molar-refractivity contribution in [2.75, 3.05) is 0 Å². The Labute approximate surface area is 198 Å². The van der Waals surface area contributed by atoms with Gasteiger partial charge in [0.15, 0.2) is 6.10 Å². The number of hydrogen-bond donors (Lipinski definition) is 0. The van der Waals surface area contributed by atoms with Gasteiger partial charge >= 0.3 is 19.8 Å². The Hall–Kier alpha value is -2.87. The summed E-state index contributed by atoms with van der Waals surface area (Å²) in [6.45, 7) is 6.16. The van der Waals surface area contributed by atoms with Gasteiger partial charge < -0.3 is 23.3 Å². The molecule has 2 aromatic carbocycles. The van der Waals surface area contributed by atoms with E-state index in [-0.39, 0.29) is 17.4 Å². The van der Waals surface area contributed by atoms with Crippen LogP contribution in [0, 0.1) is 5.92 Å². The van der Waals surface area contributed by atoms with E-state index < -0.39 is 44.4 Å². The number of phosphoric acid groups is 1. The minimum atomic E-state index is -4.39. The number of ether oxygens (including phenoxy) is 3. The first kappa shape index (κ1) is 25.7. The summed E-state index contributed by atoms with van der Waals surface area (Å²) in [7, 11) is -4.39. The summed E-state index contributed by atoms with van der Waals surface area (Å²) < 4.78 is 47.9. The second-order valence-electron chi connectivity index (χ2n) is 7.82. The lowest BCUT2D eigenvalue weighted by molar-refractivity contribution is -0.269. The Kier molecular flexibility index (Phi) is 8.72. The smallest absolute Gasteiger partial charge is 0.458 e. The molecule has 10 heteroatoms. The predicted octanol–water partition coefficient (Wildman–Crippen LogP) is 4.90. The highest BCUT2D eigenvalue weighted by Crippen LogP contribution is 2.52. The zero-order chi connectivity index (χ0) is 24.7. The van der Waals surface area contributed by atoms with Crippen molar-refractivity contribution in [2.24, 2.45) is 5.92 Å². The molecule has 184 valence electrons. The van der Waals surface area contributed by atoms with Crippen molar-refractivity contribution in [3.05, 3.63) is 60.7 Å². The van der Waals surface area contributed by atoms with Crippen LogP contribution in [0.1, 0.15) is 34.1 Å². The molecule has 1 aliphatic heterocycles. The standard InChI is InChI=1S/C24H29O9P/c1-5-21-16(2)22(28-17(3)25)23(29-18(4)26)24(30-21)33-34(27,31-19-12-8-6-9-13-19)32-20-14-10-7-11-15-20/h6-16,21-24H,5H2,1-4H3/t16-,21-,22+,23+,24-/m1/s1. The molecular formula is C24H29O9P. The molecule has 0 spiro atoms. The molecule has 9 nitrogen and oxygen atoms in total. The lowest BCUT2D eigenvalue weighted by Gasteiger charge is -2.44. The van der Waals surface area contributed by atoms with Crippen LogP contribution >= 0.6 is 7.82 Å². The molecule has 0 radical (unpaired) electrons. The molecule has 3 rings (SSSR count). The van der Waals surface area contributed by atoms with Gasteiger partial charge in [-0.2, -0.15) is 0 Å². The van der Waals surface area contributed by atoms with Gasteiger partial charge in [0.2, 0.25) is 6.29 Å². The lowest BCUT2D eigenvalue weighted by Crippen LogP contribution is -2.57. The summed E-state index contributed by atoms with van der Waals surface area (Å²) in [4.78, 5) is 23.7. The molecular weight excluding hydrogens is 463 g/mol. The van der Waals surface area contributed by atoms with Crippen LogP contribution in [0.25, 0.3) is 0 Å². The van der Waals surface area contributed by atoms with Crippen LogP contribution in [0.15, 0.2) is 60.7 Å². The number of para-hydroxylation sites is 2. The molecule has 0 unspecified atom stereocenters. The van der Waals surface area contributed by atoms with Gasteiger partial charge in [0.05, 0.1) is 6.10 Å². The fourth-order valence-corrected chi connectivity index (χ4v) is 4.99. The van der Waals surface area contributed by atoms with Crippen LogP contribution in [0.2, 0.25) is 0 Å². The topological polar surface area (TPSA) is 107 Å². The maximum absolute atomic E-state index is 13.9. The van der Waals surface area contributed by atoms with Gasteiger partial charge in [-0.25, -0.2) is 9.09 Å². The monoisotopic (exact) mass is 492 g/mol. The van der Waals surface area contributed by atoms with Crippen molar-refractivity contribution in [3.63, 3.8) is 0 Å². The molecule has 1 fully saturated rings. The molecule has 0 saturated carbocycles. The lowest BCUT2D eigenvalue weighted by atomic mass is 9.89. The Morgan fingerprint density at radius 3 is 1.76 bits per heavy atom. The second-order valence-corrected chi connectivity index (χ2v) is 9.29. The van der Waals surface area contributed by atoms with Crippen LogP contribution in [-0.4, -0.2) is 36.5 Å². The summed E-state index contributed by atoms with van der Waals surface area (Å²) in [6, 6.07) is 16.7. The SMILES string of the molecule is CC[C@H]1O[C@H](OP(=O)(Oc2ccccc2)Oc2ccccc2)[C@@H](OC(C)=O)[C@@H](OC(C)=O)[C@@H]1C. The molecule has 0 amide bonds. The zero-order valence-electron chi connectivity index (χ0n) is 19.5. The van der Waals surface area contributed by atoms with E-state index in [9.17, 15) is 14.2 Å². The highest BCUT2D eigenvalue weighted by molar-refractivity contribution is 7.49. The van der Waals surface area contributed by atoms with E-state index in [1.807, 2.05) is 13.8 Å². The van der Waals surface area contributed by atoms with Gasteiger partial charge in [0.25, 0.3) is 0 Å². The van der Waals surface area contributed by atoms with E-state index in [0.717, 1.165) is 0 Å². The van der Waals surface area contributed by atoms with Crippen LogP contribution in [0.3, 0.4) is 0 Å². The van der Waals surface area contributed by atoms with Crippen molar-refractivity contribution in [3.8, 4) is 11.5 Å². The molecule has 0 bridgehead atoms. The van der Waals surface area contributed by atoms with Gasteiger partial charge in [0.1, 0.15) is 17.6 Å². The van der Waals surface area contributed by atoms with Crippen molar-refractivity contribution >= 4 is 19.8 Å². The number of rotatable bonds is 9. The molecule has 0 N–H and O–H groups in total. The van der Waals surface area contributed by atoms with Gasteiger partial charge in [-0.15, -0.1) is 0 Å². The van der Waals surface area contributed by atoms with Crippen LogP contribution in [-0.2, 0) is 32.9 Å². The van der Waals surface area contributed by atoms with E-state index in [1.54, 1.807) is 60.7 Å². The summed E-state index contributed by atoms with van der Waals surface area (Å²) in [6.07, 6.45) is -3.40. The van der Waals surface area contributed by atoms with Crippen LogP contribution in [0.4, 0.5) is 0 Å². The van der Waals surface area contributed by atoms with Crippen molar-refractivity contribution < 1.29 is 41.9 Å². The molecule has 1 aliphatic rings. The number of hydrogen-bond acceptors (Lipinski definition) is 9. The highest BCUT2D eigenvalue weighted by Gasteiger charge is 2.51. The first-order valence-electron chi connectivity index (χ1n) is 11.0. The largest absolute Gasteiger partial charge is 0.590 e.